The maximum Gasteiger partial charge on any atom is 0.457 e. The van der Waals surface area contributed by atoms with E-state index in [1.165, 1.54) is 5.92 Å². The van der Waals surface area contributed by atoms with Gasteiger partial charge in [-0.3, -0.25) is 0 Å². The third kappa shape index (κ3) is 5.31. The van der Waals surface area contributed by atoms with Crippen LogP contribution in [0.2, 0.25) is 0 Å². The van der Waals surface area contributed by atoms with Crippen molar-refractivity contribution >= 4 is 0 Å². The summed E-state index contributed by atoms with van der Waals surface area (Å²) in [5.41, 5.74) is 0. The first-order valence-electron chi connectivity index (χ1n) is 1.61. The fourth-order valence-electron chi connectivity index (χ4n) is 0.114. The average Bonchev–Trinajstić information content (AvgIpc) is 1.59. The summed E-state index contributed by atoms with van der Waals surface area (Å²) in [5, 5.41) is 7.63. The number of hydrogen-bond donors (Lipinski definition) is 1. The third-order valence-electron chi connectivity index (χ3n) is 0.278. The van der Waals surface area contributed by atoms with E-state index >= 15 is 0 Å². The minimum Gasteiger partial charge on any atom is -0.377 e. The largest absolute Gasteiger partial charge is 0.457 e. The zero-order valence-electron chi connectivity index (χ0n) is 3.66. The Hall–Kier alpha value is -0.690. The molecule has 4 heteroatoms. The molecular weight excluding hydrogens is 121 g/mol. The van der Waals surface area contributed by atoms with Crippen LogP contribution in [0.1, 0.15) is 0 Å². The molecule has 0 spiro atoms. The summed E-state index contributed by atoms with van der Waals surface area (Å²) in [6, 6.07) is 0. The third-order valence-corrected chi connectivity index (χ3v) is 0.278. The first-order chi connectivity index (χ1) is 3.56. The van der Waals surface area contributed by atoms with E-state index in [9.17, 15) is 13.2 Å². The van der Waals surface area contributed by atoms with Gasteiger partial charge in [0.15, 0.2) is 6.61 Å². The lowest BCUT2D eigenvalue weighted by molar-refractivity contribution is -0.0697. The number of rotatable bonds is 0. The second-order valence-electron chi connectivity index (χ2n) is 0.896. The number of hydrogen-bond acceptors (Lipinski definition) is 1. The quantitative estimate of drug-likeness (QED) is 0.478. The molecule has 0 atom stereocenters. The standard InChI is InChI=1S/C4H2F3O/c5-4(6,7)2-1-3-8/h3,8H. The van der Waals surface area contributed by atoms with E-state index in [0.29, 0.717) is 0 Å². The van der Waals surface area contributed by atoms with Gasteiger partial charge in [0.05, 0.1) is 0 Å². The molecule has 0 unspecified atom stereocenters. The molecular formula is C4H2F3O. The molecule has 0 aromatic carbocycles. The molecule has 8 heavy (non-hydrogen) atoms. The minimum absolute atomic E-state index is 0.146. The Bertz CT molecular complexity index is 115. The number of aliphatic hydroxyl groups is 1. The van der Waals surface area contributed by atoms with Crippen LogP contribution >= 0.6 is 0 Å². The Kier molecular flexibility index (Phi) is 2.35. The van der Waals surface area contributed by atoms with Crippen molar-refractivity contribution in [3.8, 4) is 11.8 Å². The zero-order chi connectivity index (χ0) is 6.62. The molecule has 0 rings (SSSR count). The molecule has 0 heterocycles. The van der Waals surface area contributed by atoms with Crippen molar-refractivity contribution in [3.05, 3.63) is 6.61 Å². The Morgan fingerprint density at radius 3 is 2.00 bits per heavy atom. The second kappa shape index (κ2) is 2.58. The Morgan fingerprint density at radius 2 is 1.88 bits per heavy atom. The lowest BCUT2D eigenvalue weighted by atomic mass is 10.6. The van der Waals surface area contributed by atoms with E-state index < -0.39 is 6.18 Å². The summed E-state index contributed by atoms with van der Waals surface area (Å²) in [7, 11) is 0. The monoisotopic (exact) mass is 123 g/mol. The summed E-state index contributed by atoms with van der Waals surface area (Å²) in [4.78, 5) is 0. The molecule has 0 aromatic heterocycles. The van der Waals surface area contributed by atoms with E-state index in [-0.39, 0.29) is 6.61 Å². The topological polar surface area (TPSA) is 20.2 Å². The molecule has 0 aliphatic rings. The first kappa shape index (κ1) is 7.31. The van der Waals surface area contributed by atoms with E-state index in [2.05, 4.69) is 0 Å². The van der Waals surface area contributed by atoms with Crippen LogP contribution in [-0.2, 0) is 0 Å². The van der Waals surface area contributed by atoms with Gasteiger partial charge in [-0.2, -0.15) is 13.2 Å². The lowest BCUT2D eigenvalue weighted by Gasteiger charge is -1.89. The summed E-state index contributed by atoms with van der Waals surface area (Å²) in [6.07, 6.45) is -4.50. The van der Waals surface area contributed by atoms with Gasteiger partial charge in [0, 0.05) is 5.92 Å². The van der Waals surface area contributed by atoms with Crippen LogP contribution in [0, 0.1) is 18.4 Å². The van der Waals surface area contributed by atoms with Gasteiger partial charge in [-0.05, 0) is 0 Å². The molecule has 0 fully saturated rings. The second-order valence-corrected chi connectivity index (χ2v) is 0.896. The highest BCUT2D eigenvalue weighted by Crippen LogP contribution is 2.11. The SMILES string of the molecule is O[CH]C#CC(F)(F)F. The fourth-order valence-corrected chi connectivity index (χ4v) is 0.114. The highest BCUT2D eigenvalue weighted by atomic mass is 19.4. The van der Waals surface area contributed by atoms with Crippen molar-refractivity contribution < 1.29 is 18.3 Å². The maximum atomic E-state index is 10.9. The molecule has 1 radical (unpaired) electrons. The van der Waals surface area contributed by atoms with Crippen molar-refractivity contribution in [2.45, 2.75) is 6.18 Å². The predicted octanol–water partition coefficient (Wildman–Crippen LogP) is 1.09. The molecule has 1 N–H and O–H groups in total. The first-order valence-corrected chi connectivity index (χ1v) is 1.61. The van der Waals surface area contributed by atoms with Crippen molar-refractivity contribution in [2.75, 3.05) is 0 Å². The average molecular weight is 123 g/mol. The molecule has 0 aliphatic heterocycles. The van der Waals surface area contributed by atoms with Crippen LogP contribution in [0.25, 0.3) is 0 Å². The van der Waals surface area contributed by atoms with Gasteiger partial charge in [0.1, 0.15) is 0 Å². The van der Waals surface area contributed by atoms with E-state index in [1.807, 2.05) is 0 Å². The molecule has 0 aliphatic carbocycles. The number of halogens is 3. The van der Waals surface area contributed by atoms with Gasteiger partial charge in [-0.1, -0.05) is 5.92 Å². The molecule has 0 saturated heterocycles. The van der Waals surface area contributed by atoms with Gasteiger partial charge < -0.3 is 5.11 Å². The highest BCUT2D eigenvalue weighted by molar-refractivity contribution is 5.09. The molecule has 45 valence electrons. The lowest BCUT2D eigenvalue weighted by Crippen LogP contribution is -2.01. The number of alkyl halides is 3. The van der Waals surface area contributed by atoms with E-state index in [4.69, 9.17) is 5.11 Å². The normalized spacial score (nSPS) is 10.0. The maximum absolute atomic E-state index is 10.9. The van der Waals surface area contributed by atoms with Crippen LogP contribution in [0.3, 0.4) is 0 Å². The van der Waals surface area contributed by atoms with Crippen LogP contribution < -0.4 is 0 Å². The van der Waals surface area contributed by atoms with E-state index in [1.54, 1.807) is 0 Å². The van der Waals surface area contributed by atoms with Crippen molar-refractivity contribution in [2.24, 2.45) is 0 Å². The molecule has 0 saturated carbocycles. The van der Waals surface area contributed by atoms with Crippen LogP contribution in [0.4, 0.5) is 13.2 Å². The van der Waals surface area contributed by atoms with Crippen molar-refractivity contribution in [1.82, 2.24) is 0 Å². The predicted molar refractivity (Wildman–Crippen MR) is 20.1 cm³/mol. The molecule has 0 aromatic rings. The fraction of sp³-hybridized carbons (Fsp3) is 0.250. The Morgan fingerprint density at radius 1 is 1.38 bits per heavy atom. The van der Waals surface area contributed by atoms with E-state index in [0.717, 1.165) is 5.92 Å². The van der Waals surface area contributed by atoms with Gasteiger partial charge >= 0.3 is 6.18 Å². The summed E-state index contributed by atoms with van der Waals surface area (Å²) in [5.74, 6) is 2.16. The van der Waals surface area contributed by atoms with Crippen molar-refractivity contribution in [3.63, 3.8) is 0 Å². The van der Waals surface area contributed by atoms with Gasteiger partial charge in [-0.25, -0.2) is 0 Å². The zero-order valence-corrected chi connectivity index (χ0v) is 3.66. The summed E-state index contributed by atoms with van der Waals surface area (Å²) < 4.78 is 32.8. The Labute approximate surface area is 44.1 Å². The van der Waals surface area contributed by atoms with Gasteiger partial charge in [0.2, 0.25) is 0 Å². The van der Waals surface area contributed by atoms with Crippen molar-refractivity contribution in [1.29, 1.82) is 0 Å². The summed E-state index contributed by atoms with van der Waals surface area (Å²) in [6.45, 7) is 0.146. The van der Waals surface area contributed by atoms with Crippen LogP contribution in [0.15, 0.2) is 0 Å². The highest BCUT2D eigenvalue weighted by Gasteiger charge is 2.22. The smallest absolute Gasteiger partial charge is 0.377 e. The van der Waals surface area contributed by atoms with Crippen LogP contribution in [-0.4, -0.2) is 11.3 Å². The van der Waals surface area contributed by atoms with Crippen LogP contribution in [0.5, 0.6) is 0 Å². The minimum atomic E-state index is -4.50. The Balaban J connectivity index is 3.69. The summed E-state index contributed by atoms with van der Waals surface area (Å²) >= 11 is 0. The molecule has 0 amide bonds. The van der Waals surface area contributed by atoms with Gasteiger partial charge in [-0.15, -0.1) is 0 Å². The number of aliphatic hydroxyl groups excluding tert-OH is 1. The van der Waals surface area contributed by atoms with Gasteiger partial charge in [0.25, 0.3) is 0 Å². The molecule has 0 bridgehead atoms. The molecule has 1 nitrogen and oxygen atoms in total.